The fourth-order valence-electron chi connectivity index (χ4n) is 1.28. The van der Waals surface area contributed by atoms with Crippen LogP contribution in [0.1, 0.15) is 50.7 Å². The maximum absolute atomic E-state index is 6.90. The highest BCUT2D eigenvalue weighted by Crippen LogP contribution is 2.20. The lowest BCUT2D eigenvalue weighted by Crippen LogP contribution is -1.91. The quantitative estimate of drug-likeness (QED) is 0.610. The minimum atomic E-state index is 0.642. The van der Waals surface area contributed by atoms with Gasteiger partial charge >= 0.3 is 0 Å². The number of benzene rings is 1. The van der Waals surface area contributed by atoms with Crippen LogP contribution in [-0.4, -0.2) is 10.5 Å². The molecule has 1 rings (SSSR count). The van der Waals surface area contributed by atoms with Crippen molar-refractivity contribution in [1.29, 1.82) is 0 Å². The molecule has 4 heteroatoms. The van der Waals surface area contributed by atoms with Gasteiger partial charge in [-0.25, -0.2) is 10.5 Å². The molecule has 0 aliphatic carbocycles. The van der Waals surface area contributed by atoms with Crippen molar-refractivity contribution in [2.75, 3.05) is 0 Å². The van der Waals surface area contributed by atoms with Crippen LogP contribution >= 0.6 is 0 Å². The van der Waals surface area contributed by atoms with Crippen molar-refractivity contribution in [3.05, 3.63) is 35.4 Å². The lowest BCUT2D eigenvalue weighted by atomic mass is 9.96. The summed E-state index contributed by atoms with van der Waals surface area (Å²) in [6.45, 7) is 8.94. The molecular formula is C12H20O4. The predicted octanol–water partition coefficient (Wildman–Crippen LogP) is 3.81. The Morgan fingerprint density at radius 2 is 1.25 bits per heavy atom. The van der Waals surface area contributed by atoms with Gasteiger partial charge in [0.05, 0.1) is 0 Å². The Morgan fingerprint density at radius 1 is 0.875 bits per heavy atom. The van der Waals surface area contributed by atoms with Gasteiger partial charge in [-0.2, -0.15) is 0 Å². The van der Waals surface area contributed by atoms with Gasteiger partial charge in [-0.3, -0.25) is 0 Å². The standard InChI is InChI=1S/C12H18.H2O4/c1-9(2)11-6-5-7-12(8-11)10(3)4;1-3-4-2/h5-10H,1-4H3;1-2H. The number of hydrogen-bond donors (Lipinski definition) is 2. The average Bonchev–Trinajstić information content (AvgIpc) is 2.29. The molecule has 0 saturated carbocycles. The Balaban J connectivity index is 0.000000487. The van der Waals surface area contributed by atoms with Crippen molar-refractivity contribution in [1.82, 2.24) is 0 Å². The molecule has 0 radical (unpaired) electrons. The summed E-state index contributed by atoms with van der Waals surface area (Å²) in [7, 11) is 0. The van der Waals surface area contributed by atoms with E-state index in [0.29, 0.717) is 11.8 Å². The molecule has 0 spiro atoms. The Kier molecular flexibility index (Phi) is 7.76. The van der Waals surface area contributed by atoms with E-state index in [0.717, 1.165) is 0 Å². The zero-order valence-electron chi connectivity index (χ0n) is 10.2. The van der Waals surface area contributed by atoms with Crippen LogP contribution in [0.3, 0.4) is 0 Å². The van der Waals surface area contributed by atoms with Crippen LogP contribution < -0.4 is 0 Å². The second-order valence-corrected chi connectivity index (χ2v) is 4.13. The van der Waals surface area contributed by atoms with E-state index >= 15 is 0 Å². The molecule has 0 bridgehead atoms. The molecule has 92 valence electrons. The summed E-state index contributed by atoms with van der Waals surface area (Å²) in [5, 5.41) is 19.0. The van der Waals surface area contributed by atoms with E-state index in [-0.39, 0.29) is 0 Å². The van der Waals surface area contributed by atoms with Gasteiger partial charge in [0.2, 0.25) is 0 Å². The third-order valence-corrected chi connectivity index (χ3v) is 2.28. The van der Waals surface area contributed by atoms with E-state index in [1.54, 1.807) is 0 Å². The zero-order valence-corrected chi connectivity index (χ0v) is 10.2. The topological polar surface area (TPSA) is 58.9 Å². The van der Waals surface area contributed by atoms with Crippen LogP contribution in [0.15, 0.2) is 24.3 Å². The summed E-state index contributed by atoms with van der Waals surface area (Å²) in [5.41, 5.74) is 2.89. The molecule has 0 heterocycles. The summed E-state index contributed by atoms with van der Waals surface area (Å²) in [6.07, 6.45) is 0. The van der Waals surface area contributed by atoms with Gasteiger partial charge in [-0.1, -0.05) is 52.0 Å². The molecule has 0 amide bonds. The van der Waals surface area contributed by atoms with Crippen LogP contribution in [-0.2, 0) is 10.1 Å². The first kappa shape index (κ1) is 15.1. The Hall–Kier alpha value is -0.940. The van der Waals surface area contributed by atoms with Gasteiger partial charge in [0.25, 0.3) is 0 Å². The maximum Gasteiger partial charge on any atom is -0.0219 e. The minimum absolute atomic E-state index is 0.642. The fraction of sp³-hybridized carbons (Fsp3) is 0.500. The maximum atomic E-state index is 6.90. The molecule has 0 fully saturated rings. The van der Waals surface area contributed by atoms with Gasteiger partial charge in [0.1, 0.15) is 0 Å². The van der Waals surface area contributed by atoms with Crippen molar-refractivity contribution in [2.45, 2.75) is 39.5 Å². The lowest BCUT2D eigenvalue weighted by molar-refractivity contribution is -0.611. The first-order valence-corrected chi connectivity index (χ1v) is 5.24. The third-order valence-electron chi connectivity index (χ3n) is 2.28. The van der Waals surface area contributed by atoms with Crippen LogP contribution in [0.5, 0.6) is 0 Å². The molecule has 1 aromatic rings. The molecule has 16 heavy (non-hydrogen) atoms. The normalized spacial score (nSPS) is 10.2. The number of rotatable bonds is 3. The van der Waals surface area contributed by atoms with Crippen LogP contribution in [0, 0.1) is 0 Å². The Morgan fingerprint density at radius 3 is 1.50 bits per heavy atom. The molecule has 0 aromatic heterocycles. The molecule has 0 atom stereocenters. The van der Waals surface area contributed by atoms with Gasteiger partial charge < -0.3 is 0 Å². The second-order valence-electron chi connectivity index (χ2n) is 4.13. The van der Waals surface area contributed by atoms with Crippen LogP contribution in [0.4, 0.5) is 0 Å². The highest BCUT2D eigenvalue weighted by Gasteiger charge is 2.02. The molecule has 0 saturated heterocycles. The fourth-order valence-corrected chi connectivity index (χ4v) is 1.28. The van der Waals surface area contributed by atoms with Crippen LogP contribution in [0.2, 0.25) is 0 Å². The first-order valence-electron chi connectivity index (χ1n) is 5.24. The molecule has 0 unspecified atom stereocenters. The Bertz CT molecular complexity index is 259. The highest BCUT2D eigenvalue weighted by molar-refractivity contribution is 5.27. The first-order chi connectivity index (χ1) is 7.52. The smallest absolute Gasteiger partial charge is 0.0219 e. The van der Waals surface area contributed by atoms with E-state index < -0.39 is 0 Å². The molecule has 0 aliphatic rings. The average molecular weight is 228 g/mol. The van der Waals surface area contributed by atoms with Crippen molar-refractivity contribution >= 4 is 0 Å². The van der Waals surface area contributed by atoms with Crippen molar-refractivity contribution in [2.24, 2.45) is 0 Å². The summed E-state index contributed by atoms with van der Waals surface area (Å²) >= 11 is 0. The molecule has 0 aliphatic heterocycles. The van der Waals surface area contributed by atoms with Gasteiger partial charge in [-0.15, -0.1) is 0 Å². The van der Waals surface area contributed by atoms with E-state index in [1.165, 1.54) is 11.1 Å². The SMILES string of the molecule is CC(C)c1cccc(C(C)C)c1.OOOO. The van der Waals surface area contributed by atoms with E-state index in [4.69, 9.17) is 10.5 Å². The monoisotopic (exact) mass is 228 g/mol. The molecule has 4 nitrogen and oxygen atoms in total. The molecule has 2 N–H and O–H groups in total. The number of hydrogen-bond acceptors (Lipinski definition) is 4. The van der Waals surface area contributed by atoms with Crippen LogP contribution in [0.25, 0.3) is 0 Å². The van der Waals surface area contributed by atoms with Crippen molar-refractivity contribution < 1.29 is 20.6 Å². The third kappa shape index (κ3) is 5.82. The summed E-state index contributed by atoms with van der Waals surface area (Å²) in [4.78, 5) is 0. The largest absolute Gasteiger partial charge is 0.219 e. The Labute approximate surface area is 96.2 Å². The predicted molar refractivity (Wildman–Crippen MR) is 62.0 cm³/mol. The molecule has 1 aromatic carbocycles. The van der Waals surface area contributed by atoms with Gasteiger partial charge in [0, 0.05) is 0 Å². The summed E-state index contributed by atoms with van der Waals surface area (Å²) < 4.78 is 0. The van der Waals surface area contributed by atoms with E-state index in [1.807, 2.05) is 0 Å². The van der Waals surface area contributed by atoms with E-state index in [2.05, 4.69) is 62.0 Å². The zero-order chi connectivity index (χ0) is 12.6. The minimum Gasteiger partial charge on any atom is -0.219 e. The summed E-state index contributed by atoms with van der Waals surface area (Å²) in [5.74, 6) is 1.28. The summed E-state index contributed by atoms with van der Waals surface area (Å²) in [6, 6.07) is 8.88. The van der Waals surface area contributed by atoms with Gasteiger partial charge in [0.15, 0.2) is 0 Å². The lowest BCUT2D eigenvalue weighted by Gasteiger charge is -2.09. The van der Waals surface area contributed by atoms with Gasteiger partial charge in [-0.05, 0) is 33.0 Å². The highest BCUT2D eigenvalue weighted by atomic mass is 17.6. The van der Waals surface area contributed by atoms with E-state index in [9.17, 15) is 0 Å². The van der Waals surface area contributed by atoms with Crippen molar-refractivity contribution in [3.63, 3.8) is 0 Å². The van der Waals surface area contributed by atoms with Crippen molar-refractivity contribution in [3.8, 4) is 0 Å². The molecular weight excluding hydrogens is 208 g/mol. The second kappa shape index (κ2) is 8.24.